The Labute approximate surface area is 209 Å². The van der Waals surface area contributed by atoms with Gasteiger partial charge in [0.1, 0.15) is 23.5 Å². The van der Waals surface area contributed by atoms with Gasteiger partial charge in [-0.05, 0) is 88.2 Å². The molecule has 0 spiro atoms. The third kappa shape index (κ3) is 5.44. The molecule has 0 radical (unpaired) electrons. The van der Waals surface area contributed by atoms with Crippen LogP contribution in [0.1, 0.15) is 35.2 Å². The first kappa shape index (κ1) is 25.1. The standard InChI is InChI=1S/C27H29FN6O2/c1-17-4-9-24(30-15-17)31-27(36)20-10-12-33(13-11-20)16-25(35)32-26-23(14-29)18(2)19(3)34(26)22-7-5-21(28)6-8-22/h4-9,15,20H,10-13,16H2,1-3H3,(H,32,35)(H,30,31,36). The Bertz CT molecular complexity index is 1300. The second kappa shape index (κ2) is 10.7. The number of hydrogen-bond donors (Lipinski definition) is 2. The molecular formula is C27H29FN6O2. The van der Waals surface area contributed by atoms with Crippen molar-refractivity contribution in [3.63, 3.8) is 0 Å². The zero-order valence-corrected chi connectivity index (χ0v) is 20.6. The van der Waals surface area contributed by atoms with Crippen LogP contribution in [0, 0.1) is 43.8 Å². The van der Waals surface area contributed by atoms with E-state index in [4.69, 9.17) is 0 Å². The fourth-order valence-corrected chi connectivity index (χ4v) is 4.47. The number of amides is 2. The second-order valence-corrected chi connectivity index (χ2v) is 9.17. The Kier molecular flexibility index (Phi) is 7.46. The van der Waals surface area contributed by atoms with Crippen LogP contribution in [-0.2, 0) is 9.59 Å². The number of aromatic nitrogens is 2. The van der Waals surface area contributed by atoms with Crippen LogP contribution in [-0.4, -0.2) is 45.9 Å². The molecule has 0 saturated carbocycles. The molecule has 36 heavy (non-hydrogen) atoms. The number of pyridine rings is 1. The third-order valence-electron chi connectivity index (χ3n) is 6.66. The molecule has 0 atom stereocenters. The van der Waals surface area contributed by atoms with E-state index in [1.54, 1.807) is 29.0 Å². The number of anilines is 2. The lowest BCUT2D eigenvalue weighted by atomic mass is 9.96. The molecule has 186 valence electrons. The molecule has 3 aromatic rings. The second-order valence-electron chi connectivity index (χ2n) is 9.17. The summed E-state index contributed by atoms with van der Waals surface area (Å²) in [6, 6.07) is 11.8. The number of nitrogens with zero attached hydrogens (tertiary/aromatic N) is 4. The SMILES string of the molecule is Cc1ccc(NC(=O)C2CCN(CC(=O)Nc3c(C#N)c(C)c(C)n3-c3ccc(F)cc3)CC2)nc1. The van der Waals surface area contributed by atoms with E-state index in [1.807, 2.05) is 31.7 Å². The van der Waals surface area contributed by atoms with E-state index in [-0.39, 0.29) is 30.1 Å². The minimum absolute atomic E-state index is 0.0582. The summed E-state index contributed by atoms with van der Waals surface area (Å²) >= 11 is 0. The number of carbonyl (C=O) groups is 2. The molecule has 1 aliphatic rings. The molecule has 2 amide bonds. The lowest BCUT2D eigenvalue weighted by Crippen LogP contribution is -2.42. The monoisotopic (exact) mass is 488 g/mol. The number of hydrogen-bond acceptors (Lipinski definition) is 5. The number of likely N-dealkylation sites (tertiary alicyclic amines) is 1. The molecule has 1 aromatic carbocycles. The van der Waals surface area contributed by atoms with E-state index in [0.717, 1.165) is 16.8 Å². The maximum atomic E-state index is 13.5. The van der Waals surface area contributed by atoms with Gasteiger partial charge in [-0.15, -0.1) is 0 Å². The summed E-state index contributed by atoms with van der Waals surface area (Å²) in [6.07, 6.45) is 2.99. The number of halogens is 1. The first-order valence-electron chi connectivity index (χ1n) is 11.9. The largest absolute Gasteiger partial charge is 0.310 e. The fourth-order valence-electron chi connectivity index (χ4n) is 4.47. The summed E-state index contributed by atoms with van der Waals surface area (Å²) in [5.74, 6) is 0.105. The van der Waals surface area contributed by atoms with E-state index in [0.29, 0.717) is 48.8 Å². The molecule has 9 heteroatoms. The fraction of sp³-hybridized carbons (Fsp3) is 0.333. The van der Waals surface area contributed by atoms with Gasteiger partial charge in [0, 0.05) is 23.5 Å². The van der Waals surface area contributed by atoms with Crippen molar-refractivity contribution < 1.29 is 14.0 Å². The van der Waals surface area contributed by atoms with Crippen LogP contribution >= 0.6 is 0 Å². The number of rotatable bonds is 6. The first-order chi connectivity index (χ1) is 17.3. The number of nitriles is 1. The predicted molar refractivity (Wildman–Crippen MR) is 135 cm³/mol. The lowest BCUT2D eigenvalue weighted by Gasteiger charge is -2.30. The Morgan fingerprint density at radius 3 is 2.39 bits per heavy atom. The maximum Gasteiger partial charge on any atom is 0.239 e. The van der Waals surface area contributed by atoms with E-state index in [2.05, 4.69) is 21.7 Å². The highest BCUT2D eigenvalue weighted by atomic mass is 19.1. The highest BCUT2D eigenvalue weighted by Gasteiger charge is 2.27. The van der Waals surface area contributed by atoms with Gasteiger partial charge in [-0.3, -0.25) is 19.1 Å². The van der Waals surface area contributed by atoms with Crippen molar-refractivity contribution in [2.24, 2.45) is 5.92 Å². The van der Waals surface area contributed by atoms with Crippen LogP contribution in [0.4, 0.5) is 16.0 Å². The van der Waals surface area contributed by atoms with Gasteiger partial charge in [0.05, 0.1) is 12.1 Å². The van der Waals surface area contributed by atoms with Crippen molar-refractivity contribution in [1.82, 2.24) is 14.5 Å². The number of nitrogens with one attached hydrogen (secondary N) is 2. The molecule has 3 heterocycles. The summed E-state index contributed by atoms with van der Waals surface area (Å²) in [5.41, 5.74) is 3.61. The van der Waals surface area contributed by atoms with Crippen molar-refractivity contribution in [3.8, 4) is 11.8 Å². The molecule has 0 unspecified atom stereocenters. The molecule has 4 rings (SSSR count). The van der Waals surface area contributed by atoms with E-state index in [1.165, 1.54) is 12.1 Å². The lowest BCUT2D eigenvalue weighted by molar-refractivity contribution is -0.121. The number of carbonyl (C=O) groups excluding carboxylic acids is 2. The van der Waals surface area contributed by atoms with Gasteiger partial charge in [-0.2, -0.15) is 5.26 Å². The highest BCUT2D eigenvalue weighted by Crippen LogP contribution is 2.30. The molecule has 0 aliphatic carbocycles. The van der Waals surface area contributed by atoms with Gasteiger partial charge < -0.3 is 10.6 Å². The Hall–Kier alpha value is -4.03. The Morgan fingerprint density at radius 2 is 1.78 bits per heavy atom. The first-order valence-corrected chi connectivity index (χ1v) is 11.9. The van der Waals surface area contributed by atoms with Crippen LogP contribution < -0.4 is 10.6 Å². The zero-order valence-electron chi connectivity index (χ0n) is 20.6. The summed E-state index contributed by atoms with van der Waals surface area (Å²) in [5, 5.41) is 15.5. The van der Waals surface area contributed by atoms with Crippen LogP contribution in [0.3, 0.4) is 0 Å². The van der Waals surface area contributed by atoms with Gasteiger partial charge >= 0.3 is 0 Å². The summed E-state index contributed by atoms with van der Waals surface area (Å²) < 4.78 is 15.2. The van der Waals surface area contributed by atoms with Gasteiger partial charge in [0.15, 0.2) is 0 Å². The Morgan fingerprint density at radius 1 is 1.08 bits per heavy atom. The Balaban J connectivity index is 1.38. The quantitative estimate of drug-likeness (QED) is 0.544. The van der Waals surface area contributed by atoms with Crippen molar-refractivity contribution in [2.75, 3.05) is 30.3 Å². The zero-order chi connectivity index (χ0) is 25.8. The van der Waals surface area contributed by atoms with Gasteiger partial charge in [0.2, 0.25) is 11.8 Å². The van der Waals surface area contributed by atoms with Crippen LogP contribution in [0.15, 0.2) is 42.6 Å². The highest BCUT2D eigenvalue weighted by molar-refractivity contribution is 5.94. The molecule has 2 aromatic heterocycles. The topological polar surface area (TPSA) is 103 Å². The van der Waals surface area contributed by atoms with E-state index >= 15 is 0 Å². The number of piperidine rings is 1. The summed E-state index contributed by atoms with van der Waals surface area (Å²) in [6.45, 7) is 6.98. The smallest absolute Gasteiger partial charge is 0.239 e. The molecule has 1 saturated heterocycles. The van der Waals surface area contributed by atoms with Gasteiger partial charge in [-0.1, -0.05) is 6.07 Å². The van der Waals surface area contributed by atoms with Crippen molar-refractivity contribution in [2.45, 2.75) is 33.6 Å². The van der Waals surface area contributed by atoms with E-state index in [9.17, 15) is 19.2 Å². The summed E-state index contributed by atoms with van der Waals surface area (Å²) in [7, 11) is 0. The molecule has 8 nitrogen and oxygen atoms in total. The maximum absolute atomic E-state index is 13.5. The minimum Gasteiger partial charge on any atom is -0.310 e. The average Bonchev–Trinajstić information content (AvgIpc) is 3.10. The number of aryl methyl sites for hydroxylation is 1. The van der Waals surface area contributed by atoms with Gasteiger partial charge in [0.25, 0.3) is 0 Å². The van der Waals surface area contributed by atoms with Crippen LogP contribution in [0.25, 0.3) is 5.69 Å². The number of benzene rings is 1. The van der Waals surface area contributed by atoms with E-state index < -0.39 is 0 Å². The van der Waals surface area contributed by atoms with Crippen molar-refractivity contribution in [3.05, 3.63) is 70.8 Å². The van der Waals surface area contributed by atoms with Crippen LogP contribution in [0.5, 0.6) is 0 Å². The third-order valence-corrected chi connectivity index (χ3v) is 6.66. The minimum atomic E-state index is -0.362. The van der Waals surface area contributed by atoms with Crippen LogP contribution in [0.2, 0.25) is 0 Å². The van der Waals surface area contributed by atoms with Crippen molar-refractivity contribution >= 4 is 23.5 Å². The molecular weight excluding hydrogens is 459 g/mol. The normalized spacial score (nSPS) is 14.3. The molecule has 1 aliphatic heterocycles. The summed E-state index contributed by atoms with van der Waals surface area (Å²) in [4.78, 5) is 31.8. The molecule has 2 N–H and O–H groups in total. The predicted octanol–water partition coefficient (Wildman–Crippen LogP) is 4.10. The van der Waals surface area contributed by atoms with Gasteiger partial charge in [-0.25, -0.2) is 9.37 Å². The van der Waals surface area contributed by atoms with Crippen molar-refractivity contribution in [1.29, 1.82) is 5.26 Å². The molecule has 0 bridgehead atoms. The average molecular weight is 489 g/mol. The molecule has 1 fully saturated rings.